The number of aromatic nitrogens is 4. The minimum Gasteiger partial charge on any atom is -0.341 e. The van der Waals surface area contributed by atoms with Crippen LogP contribution in [0.1, 0.15) is 23.2 Å². The predicted octanol–water partition coefficient (Wildman–Crippen LogP) is 4.00. The molecule has 170 valence electrons. The van der Waals surface area contributed by atoms with Crippen LogP contribution in [0.25, 0.3) is 22.5 Å². The van der Waals surface area contributed by atoms with Gasteiger partial charge >= 0.3 is 0 Å². The molecule has 2 aromatic carbocycles. The molecule has 0 saturated carbocycles. The molecule has 1 saturated heterocycles. The number of hydrogen-bond donors (Lipinski definition) is 0. The first kappa shape index (κ1) is 21.7. The Kier molecular flexibility index (Phi) is 5.99. The molecule has 3 heterocycles. The molecule has 1 aliphatic heterocycles. The maximum Gasteiger partial charge on any atom is 0.255 e. The summed E-state index contributed by atoms with van der Waals surface area (Å²) in [6, 6.07) is 21.0. The van der Waals surface area contributed by atoms with Gasteiger partial charge in [-0.25, -0.2) is 15.0 Å². The van der Waals surface area contributed by atoms with Gasteiger partial charge in [0.1, 0.15) is 6.33 Å². The predicted molar refractivity (Wildman–Crippen MR) is 132 cm³/mol. The maximum atomic E-state index is 13.7. The number of hydrogen-bond acceptors (Lipinski definition) is 6. The Hall–Kier alpha value is -4.13. The lowest BCUT2D eigenvalue weighted by Crippen LogP contribution is -2.42. The molecule has 0 aliphatic carbocycles. The molecule has 0 spiro atoms. The van der Waals surface area contributed by atoms with Gasteiger partial charge in [0.15, 0.2) is 5.78 Å². The smallest absolute Gasteiger partial charge is 0.255 e. The van der Waals surface area contributed by atoms with Crippen molar-refractivity contribution in [3.8, 4) is 22.5 Å². The number of carbonyl (C=O) groups excluding carboxylic acids is 1. The number of rotatable bonds is 5. The molecule has 0 N–H and O–H groups in total. The fourth-order valence-electron chi connectivity index (χ4n) is 4.54. The Morgan fingerprint density at radius 3 is 2.59 bits per heavy atom. The minimum absolute atomic E-state index is 0.126. The van der Waals surface area contributed by atoms with Crippen LogP contribution in [0.5, 0.6) is 0 Å². The first-order chi connectivity index (χ1) is 16.6. The largest absolute Gasteiger partial charge is 0.341 e. The van der Waals surface area contributed by atoms with E-state index in [2.05, 4.69) is 9.97 Å². The Bertz CT molecular complexity index is 1370. The molecule has 4 aromatic rings. The summed E-state index contributed by atoms with van der Waals surface area (Å²) in [6.07, 6.45) is 4.71. The van der Waals surface area contributed by atoms with Gasteiger partial charge in [-0.15, -0.1) is 0 Å². The lowest BCUT2D eigenvalue weighted by molar-refractivity contribution is 0.0907. The molecular weight excluding hydrogens is 426 g/mol. The summed E-state index contributed by atoms with van der Waals surface area (Å²) in [7, 11) is 1.71. The van der Waals surface area contributed by atoms with Crippen LogP contribution >= 0.6 is 0 Å². The normalized spacial score (nSPS) is 15.8. The quantitative estimate of drug-likeness (QED) is 0.427. The third kappa shape index (κ3) is 4.24. The van der Waals surface area contributed by atoms with Gasteiger partial charge in [-0.1, -0.05) is 54.6 Å². The average molecular weight is 452 g/mol. The summed E-state index contributed by atoms with van der Waals surface area (Å²) in [6.45, 7) is 1.24. The van der Waals surface area contributed by atoms with Crippen molar-refractivity contribution in [3.63, 3.8) is 0 Å². The van der Waals surface area contributed by atoms with Gasteiger partial charge in [-0.05, 0) is 30.0 Å². The molecule has 34 heavy (non-hydrogen) atoms. The first-order valence-corrected chi connectivity index (χ1v) is 11.4. The van der Waals surface area contributed by atoms with Gasteiger partial charge in [0.05, 0.1) is 11.4 Å². The maximum absolute atomic E-state index is 13.7. The van der Waals surface area contributed by atoms with E-state index in [1.54, 1.807) is 19.3 Å². The highest BCUT2D eigenvalue weighted by Crippen LogP contribution is 2.30. The van der Waals surface area contributed by atoms with E-state index in [1.807, 2.05) is 59.5 Å². The van der Waals surface area contributed by atoms with Crippen LogP contribution in [0.4, 0.5) is 5.95 Å². The lowest BCUT2D eigenvalue weighted by Gasteiger charge is -2.34. The third-order valence-electron chi connectivity index (χ3n) is 6.31. The van der Waals surface area contributed by atoms with E-state index < -0.39 is 0 Å². The van der Waals surface area contributed by atoms with Crippen LogP contribution in [0.15, 0.2) is 84.0 Å². The summed E-state index contributed by atoms with van der Waals surface area (Å²) in [5.74, 6) is 0.495. The molecular formula is C27H25N5O2. The second-order valence-corrected chi connectivity index (χ2v) is 8.49. The summed E-state index contributed by atoms with van der Waals surface area (Å²) >= 11 is 0. The van der Waals surface area contributed by atoms with Crippen LogP contribution in [-0.4, -0.2) is 38.4 Å². The van der Waals surface area contributed by atoms with Gasteiger partial charge in [0.2, 0.25) is 5.95 Å². The molecule has 1 fully saturated rings. The van der Waals surface area contributed by atoms with E-state index >= 15 is 0 Å². The van der Waals surface area contributed by atoms with Crippen molar-refractivity contribution in [2.75, 3.05) is 18.0 Å². The van der Waals surface area contributed by atoms with Crippen molar-refractivity contribution in [1.29, 1.82) is 0 Å². The molecule has 0 amide bonds. The van der Waals surface area contributed by atoms with E-state index in [-0.39, 0.29) is 17.3 Å². The summed E-state index contributed by atoms with van der Waals surface area (Å²) in [5, 5.41) is 0. The zero-order valence-electron chi connectivity index (χ0n) is 19.0. The number of piperidine rings is 1. The Balaban J connectivity index is 1.45. The van der Waals surface area contributed by atoms with Crippen LogP contribution < -0.4 is 10.5 Å². The number of Topliss-reactive ketones (excluding diaryl/α,β-unsaturated/α-hetero) is 1. The fraction of sp³-hybridized carbons (Fsp3) is 0.222. The zero-order chi connectivity index (χ0) is 23.5. The molecule has 1 unspecified atom stereocenters. The number of carbonyl (C=O) groups is 1. The van der Waals surface area contributed by atoms with Crippen molar-refractivity contribution < 1.29 is 4.79 Å². The van der Waals surface area contributed by atoms with E-state index in [9.17, 15) is 9.59 Å². The highest BCUT2D eigenvalue weighted by atomic mass is 16.1. The molecule has 7 nitrogen and oxygen atoms in total. The Morgan fingerprint density at radius 2 is 1.79 bits per heavy atom. The average Bonchev–Trinajstić information content (AvgIpc) is 2.91. The Labute approximate surface area is 197 Å². The van der Waals surface area contributed by atoms with E-state index in [0.29, 0.717) is 23.9 Å². The summed E-state index contributed by atoms with van der Waals surface area (Å²) in [5.41, 5.74) is 3.64. The van der Waals surface area contributed by atoms with Crippen molar-refractivity contribution in [2.45, 2.75) is 12.8 Å². The molecule has 1 atom stereocenters. The van der Waals surface area contributed by atoms with Gasteiger partial charge < -0.3 is 4.90 Å². The van der Waals surface area contributed by atoms with Crippen molar-refractivity contribution >= 4 is 11.7 Å². The van der Waals surface area contributed by atoms with Gasteiger partial charge in [-0.3, -0.25) is 14.2 Å². The summed E-state index contributed by atoms with van der Waals surface area (Å²) in [4.78, 5) is 41.3. The second-order valence-electron chi connectivity index (χ2n) is 8.49. The van der Waals surface area contributed by atoms with Crippen LogP contribution in [0.3, 0.4) is 0 Å². The number of anilines is 1. The minimum atomic E-state index is -0.182. The topological polar surface area (TPSA) is 81.0 Å². The van der Waals surface area contributed by atoms with Crippen molar-refractivity contribution in [1.82, 2.24) is 19.5 Å². The number of nitrogens with zero attached hydrogens (tertiary/aromatic N) is 5. The number of benzene rings is 2. The van der Waals surface area contributed by atoms with E-state index in [0.717, 1.165) is 36.1 Å². The molecule has 7 heteroatoms. The van der Waals surface area contributed by atoms with Gasteiger partial charge in [-0.2, -0.15) is 0 Å². The lowest BCUT2D eigenvalue weighted by atomic mass is 9.86. The fourth-order valence-corrected chi connectivity index (χ4v) is 4.54. The monoisotopic (exact) mass is 451 g/mol. The molecule has 2 aromatic heterocycles. The van der Waals surface area contributed by atoms with Crippen molar-refractivity contribution in [3.05, 3.63) is 95.2 Å². The Morgan fingerprint density at radius 1 is 1.00 bits per heavy atom. The third-order valence-corrected chi connectivity index (χ3v) is 6.31. The first-order valence-electron chi connectivity index (χ1n) is 11.4. The zero-order valence-corrected chi connectivity index (χ0v) is 19.0. The molecule has 5 rings (SSSR count). The molecule has 0 radical (unpaired) electrons. The SMILES string of the molecule is Cn1c(N2CCCC(C(=O)c3ccccc3-c3ccccc3)C2)nc(-c2ccncn2)cc1=O. The summed E-state index contributed by atoms with van der Waals surface area (Å²) < 4.78 is 1.54. The standard InChI is InChI=1S/C27H25N5O2/c1-31-25(33)16-24(23-13-14-28-18-29-23)30-27(31)32-15-7-10-20(17-32)26(34)22-12-6-5-11-21(22)19-8-3-2-4-9-19/h2-6,8-9,11-14,16,18,20H,7,10,15,17H2,1H3. The van der Waals surface area contributed by atoms with Crippen LogP contribution in [0.2, 0.25) is 0 Å². The van der Waals surface area contributed by atoms with Crippen molar-refractivity contribution in [2.24, 2.45) is 13.0 Å². The van der Waals surface area contributed by atoms with E-state index in [4.69, 9.17) is 4.98 Å². The highest BCUT2D eigenvalue weighted by Gasteiger charge is 2.30. The molecule has 0 bridgehead atoms. The number of ketones is 1. The van der Waals surface area contributed by atoms with E-state index in [1.165, 1.54) is 17.0 Å². The van der Waals surface area contributed by atoms with Gasteiger partial charge in [0, 0.05) is 43.9 Å². The molecule has 1 aliphatic rings. The van der Waals surface area contributed by atoms with Gasteiger partial charge in [0.25, 0.3) is 5.56 Å². The second kappa shape index (κ2) is 9.39. The van der Waals surface area contributed by atoms with Crippen LogP contribution in [0, 0.1) is 5.92 Å². The van der Waals surface area contributed by atoms with Crippen LogP contribution in [-0.2, 0) is 7.05 Å². The highest BCUT2D eigenvalue weighted by molar-refractivity contribution is 6.04.